The summed E-state index contributed by atoms with van der Waals surface area (Å²) in [5, 5.41) is 0. The Kier molecular flexibility index (Phi) is 8.44. The van der Waals surface area contributed by atoms with Crippen molar-refractivity contribution in [2.45, 2.75) is 27.7 Å². The zero-order valence-electron chi connectivity index (χ0n) is 9.50. The van der Waals surface area contributed by atoms with Crippen molar-refractivity contribution in [3.63, 3.8) is 0 Å². The van der Waals surface area contributed by atoms with Gasteiger partial charge in [0.25, 0.3) is 0 Å². The second-order valence-electron chi connectivity index (χ2n) is 2.36. The first-order valence-corrected chi connectivity index (χ1v) is 6.33. The summed E-state index contributed by atoms with van der Waals surface area (Å²) in [5.41, 5.74) is 0.645. The lowest BCUT2D eigenvalue weighted by molar-refractivity contribution is 0.604. The molecular weight excluding hydrogens is 196 g/mol. The zero-order chi connectivity index (χ0) is 11.8. The van der Waals surface area contributed by atoms with Crippen LogP contribution < -0.4 is 0 Å². The van der Waals surface area contributed by atoms with Crippen molar-refractivity contribution < 1.29 is 8.42 Å². The molecule has 2 nitrogen and oxygen atoms in total. The molecule has 0 rings (SSSR count). The molecule has 0 saturated carbocycles. The molecule has 3 heteroatoms. The van der Waals surface area contributed by atoms with Crippen molar-refractivity contribution in [1.29, 1.82) is 0 Å². The largest absolute Gasteiger partial charge is 0.224 e. The molecule has 0 saturated heterocycles. The molecule has 0 unspecified atom stereocenters. The second-order valence-corrected chi connectivity index (χ2v) is 4.61. The van der Waals surface area contributed by atoms with Crippen molar-refractivity contribution in [3.8, 4) is 0 Å². The van der Waals surface area contributed by atoms with Crippen molar-refractivity contribution in [3.05, 3.63) is 35.8 Å². The highest BCUT2D eigenvalue weighted by Gasteiger charge is 2.13. The van der Waals surface area contributed by atoms with Gasteiger partial charge in [0.1, 0.15) is 0 Å². The summed E-state index contributed by atoms with van der Waals surface area (Å²) >= 11 is 0. The second kappa shape index (κ2) is 7.56. The van der Waals surface area contributed by atoms with Crippen LogP contribution >= 0.6 is 0 Å². The van der Waals surface area contributed by atoms with Crippen molar-refractivity contribution in [2.24, 2.45) is 0 Å². The van der Waals surface area contributed by atoms with E-state index in [-0.39, 0.29) is 10.7 Å². The standard InChI is InChI=1S/C9H14O2S.C2H6/c1-5-8(4)9(6-2)12(10,11)7-3;1-2/h5-6H,1-2,7H2,3-4H3;1-2H3/b9-8+;. The lowest BCUT2D eigenvalue weighted by Gasteiger charge is -2.03. The first-order chi connectivity index (χ1) is 6.49. The molecule has 0 aliphatic heterocycles. The van der Waals surface area contributed by atoms with Crippen molar-refractivity contribution in [1.82, 2.24) is 0 Å². The van der Waals surface area contributed by atoms with E-state index in [1.807, 2.05) is 13.8 Å². The van der Waals surface area contributed by atoms with Gasteiger partial charge in [0.15, 0.2) is 9.84 Å². The van der Waals surface area contributed by atoms with Gasteiger partial charge < -0.3 is 0 Å². The smallest absolute Gasteiger partial charge is 0.178 e. The third kappa shape index (κ3) is 4.42. The van der Waals surface area contributed by atoms with Crippen LogP contribution in [0.4, 0.5) is 0 Å². The van der Waals surface area contributed by atoms with Crippen LogP contribution in [0.2, 0.25) is 0 Å². The monoisotopic (exact) mass is 216 g/mol. The summed E-state index contributed by atoms with van der Waals surface area (Å²) < 4.78 is 22.7. The molecule has 0 radical (unpaired) electrons. The molecule has 0 aliphatic rings. The Morgan fingerprint density at radius 3 is 1.86 bits per heavy atom. The molecular formula is C11H20O2S. The molecule has 0 aromatic rings. The minimum absolute atomic E-state index is 0.0968. The molecule has 0 fully saturated rings. The topological polar surface area (TPSA) is 34.1 Å². The summed E-state index contributed by atoms with van der Waals surface area (Å²) in [7, 11) is -3.13. The normalized spacial score (nSPS) is 12.0. The van der Waals surface area contributed by atoms with Gasteiger partial charge in [0, 0.05) is 0 Å². The van der Waals surface area contributed by atoms with Crippen molar-refractivity contribution in [2.75, 3.05) is 5.75 Å². The Labute approximate surface area is 88.0 Å². The van der Waals surface area contributed by atoms with Crippen LogP contribution in [0.25, 0.3) is 0 Å². The van der Waals surface area contributed by atoms with Crippen LogP contribution in [0, 0.1) is 0 Å². The molecule has 0 aromatic carbocycles. The average Bonchev–Trinajstić information content (AvgIpc) is 2.21. The molecule has 0 aliphatic carbocycles. The van der Waals surface area contributed by atoms with E-state index in [9.17, 15) is 8.42 Å². The Hall–Kier alpha value is -0.830. The molecule has 0 bridgehead atoms. The van der Waals surface area contributed by atoms with Gasteiger partial charge in [-0.15, -0.1) is 0 Å². The minimum atomic E-state index is -3.13. The number of sulfone groups is 1. The summed E-state index contributed by atoms with van der Waals surface area (Å²) in [4.78, 5) is 0.278. The van der Waals surface area contributed by atoms with Crippen LogP contribution in [0.15, 0.2) is 35.8 Å². The predicted molar refractivity (Wildman–Crippen MR) is 63.9 cm³/mol. The molecule has 0 N–H and O–H groups in total. The van der Waals surface area contributed by atoms with Crippen LogP contribution in [-0.4, -0.2) is 14.2 Å². The maximum Gasteiger partial charge on any atom is 0.178 e. The maximum atomic E-state index is 11.4. The first-order valence-electron chi connectivity index (χ1n) is 4.68. The summed E-state index contributed by atoms with van der Waals surface area (Å²) in [6.07, 6.45) is 2.88. The van der Waals surface area contributed by atoms with E-state index in [4.69, 9.17) is 0 Å². The fourth-order valence-electron chi connectivity index (χ4n) is 0.789. The van der Waals surface area contributed by atoms with Gasteiger partial charge >= 0.3 is 0 Å². The van der Waals surface area contributed by atoms with Crippen molar-refractivity contribution >= 4 is 9.84 Å². The Bertz CT molecular complexity index is 308. The van der Waals surface area contributed by atoms with E-state index < -0.39 is 9.84 Å². The Morgan fingerprint density at radius 2 is 1.64 bits per heavy atom. The fourth-order valence-corrected chi connectivity index (χ4v) is 1.93. The lowest BCUT2D eigenvalue weighted by atomic mass is 10.3. The van der Waals surface area contributed by atoms with E-state index in [0.717, 1.165) is 0 Å². The summed E-state index contributed by atoms with van der Waals surface area (Å²) in [5.74, 6) is 0.0968. The average molecular weight is 216 g/mol. The lowest BCUT2D eigenvalue weighted by Crippen LogP contribution is -2.06. The van der Waals surface area contributed by atoms with E-state index in [2.05, 4.69) is 13.2 Å². The fraction of sp³-hybridized carbons (Fsp3) is 0.455. The van der Waals surface area contributed by atoms with Crippen LogP contribution in [0.5, 0.6) is 0 Å². The first kappa shape index (κ1) is 15.6. The van der Waals surface area contributed by atoms with Gasteiger partial charge in [-0.1, -0.05) is 46.1 Å². The van der Waals surface area contributed by atoms with Crippen LogP contribution in [0.3, 0.4) is 0 Å². The van der Waals surface area contributed by atoms with E-state index >= 15 is 0 Å². The molecule has 82 valence electrons. The van der Waals surface area contributed by atoms with E-state index in [0.29, 0.717) is 5.57 Å². The maximum absolute atomic E-state index is 11.4. The molecule has 14 heavy (non-hydrogen) atoms. The highest BCUT2D eigenvalue weighted by Crippen LogP contribution is 2.14. The predicted octanol–water partition coefficient (Wildman–Crippen LogP) is 3.09. The van der Waals surface area contributed by atoms with E-state index in [1.165, 1.54) is 12.2 Å². The quantitative estimate of drug-likeness (QED) is 0.677. The molecule has 0 spiro atoms. The number of hydrogen-bond acceptors (Lipinski definition) is 2. The van der Waals surface area contributed by atoms with Crippen LogP contribution in [0.1, 0.15) is 27.7 Å². The zero-order valence-corrected chi connectivity index (χ0v) is 10.3. The minimum Gasteiger partial charge on any atom is -0.224 e. The van der Waals surface area contributed by atoms with Gasteiger partial charge in [0.2, 0.25) is 0 Å². The molecule has 0 amide bonds. The molecule has 0 aromatic heterocycles. The molecule has 0 atom stereocenters. The van der Waals surface area contributed by atoms with Gasteiger partial charge in [-0.2, -0.15) is 0 Å². The van der Waals surface area contributed by atoms with E-state index in [1.54, 1.807) is 13.8 Å². The number of rotatable bonds is 4. The third-order valence-corrected chi connectivity index (χ3v) is 3.51. The SMILES string of the molecule is C=C/C(C)=C(\C=C)S(=O)(=O)CC.CC. The highest BCUT2D eigenvalue weighted by molar-refractivity contribution is 7.95. The summed E-state index contributed by atoms with van der Waals surface area (Å²) in [6.45, 7) is 14.3. The Morgan fingerprint density at radius 1 is 1.21 bits per heavy atom. The van der Waals surface area contributed by atoms with Gasteiger partial charge in [-0.25, -0.2) is 8.42 Å². The highest BCUT2D eigenvalue weighted by atomic mass is 32.2. The van der Waals surface area contributed by atoms with Gasteiger partial charge in [-0.3, -0.25) is 0 Å². The number of allylic oxidation sites excluding steroid dienone is 3. The van der Waals surface area contributed by atoms with Gasteiger partial charge in [0.05, 0.1) is 10.7 Å². The van der Waals surface area contributed by atoms with Crippen LogP contribution in [-0.2, 0) is 9.84 Å². The van der Waals surface area contributed by atoms with Gasteiger partial charge in [-0.05, 0) is 12.5 Å². The third-order valence-electron chi connectivity index (χ3n) is 1.60. The Balaban J connectivity index is 0. The number of hydrogen-bond donors (Lipinski definition) is 0. The summed E-state index contributed by atoms with van der Waals surface area (Å²) in [6, 6.07) is 0. The molecule has 0 heterocycles.